The average Bonchev–Trinajstić information content (AvgIpc) is 3.10. The van der Waals surface area contributed by atoms with Gasteiger partial charge in [0.15, 0.2) is 0 Å². The summed E-state index contributed by atoms with van der Waals surface area (Å²) in [5, 5.41) is 0.749. The van der Waals surface area contributed by atoms with E-state index in [4.69, 9.17) is 6.57 Å². The number of hydrogen-bond donors (Lipinski definition) is 0. The van der Waals surface area contributed by atoms with E-state index in [0.717, 1.165) is 5.39 Å². The molecule has 1 amide bonds. The predicted octanol–water partition coefficient (Wildman–Crippen LogP) is 3.84. The van der Waals surface area contributed by atoms with Crippen LogP contribution in [-0.2, 0) is 0 Å². The Labute approximate surface area is 153 Å². The molecule has 4 heterocycles. The molecule has 0 atom stereocenters. The maximum Gasteiger partial charge on any atom is 0.255 e. The van der Waals surface area contributed by atoms with E-state index in [1.54, 1.807) is 29.0 Å². The van der Waals surface area contributed by atoms with Crippen LogP contribution in [0.3, 0.4) is 0 Å². The van der Waals surface area contributed by atoms with Crippen LogP contribution in [0.1, 0.15) is 23.2 Å². The number of amides is 1. The third-order valence-corrected chi connectivity index (χ3v) is 4.66. The molecule has 0 aromatic carbocycles. The van der Waals surface area contributed by atoms with Gasteiger partial charge < -0.3 is 4.90 Å². The fraction of sp³-hybridized carbons (Fsp3) is 0.263. The topological polar surface area (TPSA) is 55.4 Å². The van der Waals surface area contributed by atoms with Gasteiger partial charge >= 0.3 is 0 Å². The smallest absolute Gasteiger partial charge is 0.255 e. The SMILES string of the molecule is [C-]#[N+]c1ccc(-n2ccc3cc(C(=O)N4CCC(F)(F)CC4)cnc32)nc1. The first-order chi connectivity index (χ1) is 13.0. The standard InChI is InChI=1S/C19H15F2N5O/c1-22-15-2-3-16(23-12-15)26-7-4-13-10-14(11-24-17(13)26)18(27)25-8-5-19(20,21)6-9-25/h2-4,7,10-12H,5-6,8-9H2. The molecule has 1 aliphatic rings. The van der Waals surface area contributed by atoms with E-state index in [0.29, 0.717) is 22.7 Å². The predicted molar refractivity (Wildman–Crippen MR) is 95.2 cm³/mol. The van der Waals surface area contributed by atoms with E-state index >= 15 is 0 Å². The van der Waals surface area contributed by atoms with Crippen LogP contribution in [0, 0.1) is 6.57 Å². The van der Waals surface area contributed by atoms with E-state index < -0.39 is 5.92 Å². The molecule has 3 aromatic rings. The van der Waals surface area contributed by atoms with Crippen molar-refractivity contribution in [2.45, 2.75) is 18.8 Å². The Bertz CT molecular complexity index is 1040. The zero-order valence-corrected chi connectivity index (χ0v) is 14.3. The monoisotopic (exact) mass is 367 g/mol. The molecule has 0 bridgehead atoms. The van der Waals surface area contributed by atoms with Crippen LogP contribution in [0.25, 0.3) is 21.7 Å². The normalized spacial score (nSPS) is 16.3. The van der Waals surface area contributed by atoms with E-state index in [1.165, 1.54) is 17.3 Å². The number of hydrogen-bond acceptors (Lipinski definition) is 3. The molecule has 0 N–H and O–H groups in total. The minimum Gasteiger partial charge on any atom is -0.338 e. The first kappa shape index (κ1) is 17.1. The summed E-state index contributed by atoms with van der Waals surface area (Å²) < 4.78 is 28.3. The van der Waals surface area contributed by atoms with Crippen molar-refractivity contribution in [1.82, 2.24) is 19.4 Å². The molecule has 136 valence electrons. The van der Waals surface area contributed by atoms with Gasteiger partial charge in [0, 0.05) is 49.9 Å². The Hall–Kier alpha value is -3.34. The van der Waals surface area contributed by atoms with Crippen molar-refractivity contribution in [2.75, 3.05) is 13.1 Å². The van der Waals surface area contributed by atoms with Gasteiger partial charge in [-0.1, -0.05) is 6.07 Å². The fourth-order valence-corrected chi connectivity index (χ4v) is 3.13. The quantitative estimate of drug-likeness (QED) is 0.647. The van der Waals surface area contributed by atoms with Gasteiger partial charge in [0.25, 0.3) is 11.8 Å². The number of piperidine rings is 1. The molecular formula is C19H15F2N5O. The molecule has 6 nitrogen and oxygen atoms in total. The van der Waals surface area contributed by atoms with Gasteiger partial charge in [0.2, 0.25) is 5.69 Å². The lowest BCUT2D eigenvalue weighted by molar-refractivity contribution is -0.0494. The van der Waals surface area contributed by atoms with Crippen LogP contribution in [-0.4, -0.2) is 44.4 Å². The summed E-state index contributed by atoms with van der Waals surface area (Å²) in [5.41, 5.74) is 1.45. The van der Waals surface area contributed by atoms with Gasteiger partial charge in [0.05, 0.1) is 12.1 Å². The van der Waals surface area contributed by atoms with Crippen molar-refractivity contribution in [3.8, 4) is 5.82 Å². The molecule has 1 aliphatic heterocycles. The molecule has 0 unspecified atom stereocenters. The molecular weight excluding hydrogens is 352 g/mol. The second-order valence-electron chi connectivity index (χ2n) is 6.46. The number of rotatable bonds is 2. The molecule has 1 saturated heterocycles. The Morgan fingerprint density at radius 1 is 1.15 bits per heavy atom. The van der Waals surface area contributed by atoms with Gasteiger partial charge in [-0.05, 0) is 18.2 Å². The second-order valence-corrected chi connectivity index (χ2v) is 6.46. The van der Waals surface area contributed by atoms with E-state index in [2.05, 4.69) is 14.8 Å². The molecule has 0 spiro atoms. The van der Waals surface area contributed by atoms with Crippen LogP contribution < -0.4 is 0 Å². The van der Waals surface area contributed by atoms with Crippen LogP contribution >= 0.6 is 0 Å². The van der Waals surface area contributed by atoms with Crippen LogP contribution in [0.4, 0.5) is 14.5 Å². The van der Waals surface area contributed by atoms with Crippen LogP contribution in [0.15, 0.2) is 42.9 Å². The lowest BCUT2D eigenvalue weighted by Crippen LogP contribution is -2.42. The minimum absolute atomic E-state index is 0.0439. The van der Waals surface area contributed by atoms with Crippen molar-refractivity contribution in [2.24, 2.45) is 0 Å². The number of alkyl halides is 2. The van der Waals surface area contributed by atoms with E-state index in [-0.39, 0.29) is 31.8 Å². The fourth-order valence-electron chi connectivity index (χ4n) is 3.13. The second kappa shape index (κ2) is 6.43. The summed E-state index contributed by atoms with van der Waals surface area (Å²) in [5.74, 6) is -2.36. The number of aromatic nitrogens is 3. The maximum absolute atomic E-state index is 13.3. The maximum atomic E-state index is 13.3. The minimum atomic E-state index is -2.69. The molecule has 0 radical (unpaired) electrons. The largest absolute Gasteiger partial charge is 0.338 e. The first-order valence-corrected chi connectivity index (χ1v) is 8.45. The Balaban J connectivity index is 1.60. The summed E-state index contributed by atoms with van der Waals surface area (Å²) in [6, 6.07) is 6.92. The van der Waals surface area contributed by atoms with Gasteiger partial charge in [-0.2, -0.15) is 0 Å². The molecule has 27 heavy (non-hydrogen) atoms. The number of fused-ring (bicyclic) bond motifs is 1. The van der Waals surface area contributed by atoms with Crippen molar-refractivity contribution in [3.05, 3.63) is 59.8 Å². The zero-order chi connectivity index (χ0) is 19.0. The van der Waals surface area contributed by atoms with Crippen molar-refractivity contribution < 1.29 is 13.6 Å². The number of carbonyl (C=O) groups excluding carboxylic acids is 1. The summed E-state index contributed by atoms with van der Waals surface area (Å²) in [6.07, 6.45) is 4.11. The van der Waals surface area contributed by atoms with Crippen molar-refractivity contribution in [3.63, 3.8) is 0 Å². The molecule has 1 fully saturated rings. The summed E-state index contributed by atoms with van der Waals surface area (Å²) in [4.78, 5) is 26.0. The van der Waals surface area contributed by atoms with Crippen molar-refractivity contribution >= 4 is 22.6 Å². The summed E-state index contributed by atoms with van der Waals surface area (Å²) in [7, 11) is 0. The summed E-state index contributed by atoms with van der Waals surface area (Å²) in [6.45, 7) is 7.07. The number of nitrogens with zero attached hydrogens (tertiary/aromatic N) is 5. The Morgan fingerprint density at radius 3 is 2.59 bits per heavy atom. The van der Waals surface area contributed by atoms with Gasteiger partial charge in [0.1, 0.15) is 11.5 Å². The average molecular weight is 367 g/mol. The lowest BCUT2D eigenvalue weighted by Gasteiger charge is -2.31. The Morgan fingerprint density at radius 2 is 1.93 bits per heavy atom. The zero-order valence-electron chi connectivity index (χ0n) is 14.3. The highest BCUT2D eigenvalue weighted by Gasteiger charge is 2.35. The molecule has 4 rings (SSSR count). The third-order valence-electron chi connectivity index (χ3n) is 4.66. The number of carbonyl (C=O) groups is 1. The van der Waals surface area contributed by atoms with E-state index in [9.17, 15) is 13.6 Å². The van der Waals surface area contributed by atoms with Gasteiger partial charge in [-0.15, -0.1) is 0 Å². The molecule has 0 aliphatic carbocycles. The Kier molecular flexibility index (Phi) is 4.07. The highest BCUT2D eigenvalue weighted by atomic mass is 19.3. The number of halogens is 2. The first-order valence-electron chi connectivity index (χ1n) is 8.45. The highest BCUT2D eigenvalue weighted by molar-refractivity contribution is 5.97. The highest BCUT2D eigenvalue weighted by Crippen LogP contribution is 2.28. The van der Waals surface area contributed by atoms with Gasteiger partial charge in [-0.3, -0.25) is 14.3 Å². The van der Waals surface area contributed by atoms with Crippen molar-refractivity contribution in [1.29, 1.82) is 0 Å². The lowest BCUT2D eigenvalue weighted by atomic mass is 10.1. The third kappa shape index (κ3) is 3.24. The van der Waals surface area contributed by atoms with E-state index in [1.807, 2.05) is 6.07 Å². The van der Waals surface area contributed by atoms with Gasteiger partial charge in [-0.25, -0.2) is 18.6 Å². The number of pyridine rings is 2. The van der Waals surface area contributed by atoms with Crippen LogP contribution in [0.2, 0.25) is 0 Å². The number of likely N-dealkylation sites (tertiary alicyclic amines) is 1. The van der Waals surface area contributed by atoms with Crippen LogP contribution in [0.5, 0.6) is 0 Å². The summed E-state index contributed by atoms with van der Waals surface area (Å²) >= 11 is 0. The molecule has 3 aromatic heterocycles. The molecule has 8 heteroatoms. The molecule has 0 saturated carbocycles.